The topological polar surface area (TPSA) is 112 Å². The SMILES string of the molecule is O=C(NOCCO)c1cc(C=NOCCO)c(F)cc1Nc1ccc(I)cc1F. The molecular formula is C18H18F2IN3O5. The van der Waals surface area contributed by atoms with E-state index in [0.29, 0.717) is 3.57 Å². The highest BCUT2D eigenvalue weighted by Gasteiger charge is 2.17. The third kappa shape index (κ3) is 6.88. The van der Waals surface area contributed by atoms with Crippen molar-refractivity contribution >= 4 is 46.1 Å². The first-order valence-corrected chi connectivity index (χ1v) is 9.39. The molecular weight excluding hydrogens is 503 g/mol. The molecule has 1 amide bonds. The first kappa shape index (κ1) is 22.9. The van der Waals surface area contributed by atoms with E-state index in [0.717, 1.165) is 12.3 Å². The van der Waals surface area contributed by atoms with E-state index in [-0.39, 0.29) is 48.9 Å². The Morgan fingerprint density at radius 3 is 2.55 bits per heavy atom. The maximum absolute atomic E-state index is 14.4. The highest BCUT2D eigenvalue weighted by Crippen LogP contribution is 2.27. The van der Waals surface area contributed by atoms with Crippen molar-refractivity contribution in [3.8, 4) is 0 Å². The van der Waals surface area contributed by atoms with Gasteiger partial charge in [0.1, 0.15) is 18.2 Å². The molecule has 0 saturated carbocycles. The molecule has 0 bridgehead atoms. The van der Waals surface area contributed by atoms with E-state index in [2.05, 4.69) is 16.0 Å². The van der Waals surface area contributed by atoms with Gasteiger partial charge in [-0.3, -0.25) is 9.63 Å². The van der Waals surface area contributed by atoms with Gasteiger partial charge in [-0.25, -0.2) is 14.3 Å². The minimum Gasteiger partial charge on any atom is -0.394 e. The zero-order valence-electron chi connectivity index (χ0n) is 15.0. The Kier molecular flexibility index (Phi) is 9.18. The zero-order chi connectivity index (χ0) is 21.2. The Labute approximate surface area is 178 Å². The lowest BCUT2D eigenvalue weighted by molar-refractivity contribution is 0.0169. The monoisotopic (exact) mass is 521 g/mol. The van der Waals surface area contributed by atoms with Crippen LogP contribution in [0.25, 0.3) is 0 Å². The van der Waals surface area contributed by atoms with E-state index in [1.54, 1.807) is 6.07 Å². The summed E-state index contributed by atoms with van der Waals surface area (Å²) in [4.78, 5) is 21.9. The van der Waals surface area contributed by atoms with Crippen LogP contribution in [0.15, 0.2) is 35.5 Å². The molecule has 0 unspecified atom stereocenters. The van der Waals surface area contributed by atoms with E-state index < -0.39 is 17.5 Å². The van der Waals surface area contributed by atoms with Crippen LogP contribution >= 0.6 is 22.6 Å². The summed E-state index contributed by atoms with van der Waals surface area (Å²) in [5, 5.41) is 23.6. The standard InChI is InChI=1S/C18H18F2IN3O5/c19-14-9-17(23-16-2-1-12(21)8-15(16)20)13(18(27)24-29-6-4-26)7-11(14)10-22-28-5-3-25/h1-2,7-10,23,25-26H,3-6H2,(H,24,27). The second-order valence-electron chi connectivity index (χ2n) is 5.46. The van der Waals surface area contributed by atoms with Crippen LogP contribution in [0, 0.1) is 15.2 Å². The van der Waals surface area contributed by atoms with Gasteiger partial charge in [-0.2, -0.15) is 0 Å². The first-order chi connectivity index (χ1) is 14.0. The number of amides is 1. The van der Waals surface area contributed by atoms with Gasteiger partial charge in [-0.15, -0.1) is 0 Å². The summed E-state index contributed by atoms with van der Waals surface area (Å²) in [7, 11) is 0. The van der Waals surface area contributed by atoms with Crippen LogP contribution in [0.1, 0.15) is 15.9 Å². The fourth-order valence-electron chi connectivity index (χ4n) is 2.12. The van der Waals surface area contributed by atoms with Crippen molar-refractivity contribution in [1.29, 1.82) is 0 Å². The lowest BCUT2D eigenvalue weighted by atomic mass is 10.1. The Morgan fingerprint density at radius 1 is 1.10 bits per heavy atom. The first-order valence-electron chi connectivity index (χ1n) is 8.31. The highest BCUT2D eigenvalue weighted by molar-refractivity contribution is 14.1. The Bertz CT molecular complexity index is 883. The van der Waals surface area contributed by atoms with Gasteiger partial charge in [0, 0.05) is 9.13 Å². The number of hydroxylamine groups is 1. The minimum absolute atomic E-state index is 0.0128. The van der Waals surface area contributed by atoms with Crippen LogP contribution in [0.5, 0.6) is 0 Å². The van der Waals surface area contributed by atoms with E-state index in [9.17, 15) is 13.6 Å². The molecule has 2 rings (SSSR count). The molecule has 0 aliphatic carbocycles. The number of hydrogen-bond donors (Lipinski definition) is 4. The number of carbonyl (C=O) groups is 1. The summed E-state index contributed by atoms with van der Waals surface area (Å²) < 4.78 is 29.3. The third-order valence-electron chi connectivity index (χ3n) is 3.39. The van der Waals surface area contributed by atoms with Crippen LogP contribution < -0.4 is 10.8 Å². The summed E-state index contributed by atoms with van der Waals surface area (Å²) in [5.74, 6) is -2.08. The lowest BCUT2D eigenvalue weighted by Gasteiger charge is -2.14. The summed E-state index contributed by atoms with van der Waals surface area (Å²) in [5.41, 5.74) is 2.00. The number of aliphatic hydroxyl groups excluding tert-OH is 2. The fourth-order valence-corrected chi connectivity index (χ4v) is 2.57. The van der Waals surface area contributed by atoms with Gasteiger partial charge in [0.25, 0.3) is 5.91 Å². The van der Waals surface area contributed by atoms with Gasteiger partial charge < -0.3 is 20.4 Å². The number of benzene rings is 2. The predicted molar refractivity (Wildman–Crippen MR) is 110 cm³/mol. The summed E-state index contributed by atoms with van der Waals surface area (Å²) in [6, 6.07) is 6.56. The Hall–Kier alpha value is -2.35. The van der Waals surface area contributed by atoms with Crippen molar-refractivity contribution < 1.29 is 33.5 Å². The second-order valence-corrected chi connectivity index (χ2v) is 6.71. The van der Waals surface area contributed by atoms with Crippen LogP contribution in [0.3, 0.4) is 0 Å². The maximum Gasteiger partial charge on any atom is 0.276 e. The third-order valence-corrected chi connectivity index (χ3v) is 4.06. The van der Waals surface area contributed by atoms with Crippen LogP contribution in [0.2, 0.25) is 0 Å². The van der Waals surface area contributed by atoms with Crippen molar-refractivity contribution in [2.45, 2.75) is 0 Å². The number of aliphatic hydroxyl groups is 2. The van der Waals surface area contributed by atoms with E-state index >= 15 is 0 Å². The van der Waals surface area contributed by atoms with Gasteiger partial charge in [-0.05, 0) is 52.9 Å². The number of halogens is 3. The van der Waals surface area contributed by atoms with Crippen LogP contribution in [-0.4, -0.2) is 48.8 Å². The lowest BCUT2D eigenvalue weighted by Crippen LogP contribution is -2.26. The average Bonchev–Trinajstić information content (AvgIpc) is 2.68. The molecule has 0 aliphatic heterocycles. The van der Waals surface area contributed by atoms with Crippen LogP contribution in [0.4, 0.5) is 20.2 Å². The molecule has 8 nitrogen and oxygen atoms in total. The molecule has 2 aromatic carbocycles. The second kappa shape index (κ2) is 11.6. The molecule has 0 radical (unpaired) electrons. The minimum atomic E-state index is -0.752. The maximum atomic E-state index is 14.4. The molecule has 0 spiro atoms. The van der Waals surface area contributed by atoms with Crippen molar-refractivity contribution in [3.63, 3.8) is 0 Å². The molecule has 0 aliphatic rings. The number of carbonyl (C=O) groups excluding carboxylic acids is 1. The zero-order valence-corrected chi connectivity index (χ0v) is 17.2. The number of nitrogens with zero attached hydrogens (tertiary/aromatic N) is 1. The van der Waals surface area contributed by atoms with Crippen molar-refractivity contribution in [1.82, 2.24) is 5.48 Å². The van der Waals surface area contributed by atoms with Gasteiger partial charge in [-0.1, -0.05) is 5.16 Å². The summed E-state index contributed by atoms with van der Waals surface area (Å²) in [6.07, 6.45) is 1.03. The molecule has 0 aromatic heterocycles. The highest BCUT2D eigenvalue weighted by atomic mass is 127. The summed E-state index contributed by atoms with van der Waals surface area (Å²) >= 11 is 1.95. The number of oxime groups is 1. The van der Waals surface area contributed by atoms with Gasteiger partial charge in [0.2, 0.25) is 0 Å². The predicted octanol–water partition coefficient (Wildman–Crippen LogP) is 2.31. The van der Waals surface area contributed by atoms with Crippen molar-refractivity contribution in [2.75, 3.05) is 31.7 Å². The molecule has 29 heavy (non-hydrogen) atoms. The molecule has 2 aromatic rings. The van der Waals surface area contributed by atoms with Gasteiger partial charge >= 0.3 is 0 Å². The molecule has 11 heteroatoms. The van der Waals surface area contributed by atoms with Gasteiger partial charge in [0.05, 0.1) is 43.0 Å². The molecule has 156 valence electrons. The normalized spacial score (nSPS) is 10.9. The largest absolute Gasteiger partial charge is 0.394 e. The number of anilines is 2. The molecule has 4 N–H and O–H groups in total. The molecule has 0 heterocycles. The van der Waals surface area contributed by atoms with Crippen LogP contribution in [-0.2, 0) is 9.68 Å². The quantitative estimate of drug-likeness (QED) is 0.165. The average molecular weight is 521 g/mol. The van der Waals surface area contributed by atoms with Crippen molar-refractivity contribution in [3.05, 3.63) is 56.7 Å². The fraction of sp³-hybridized carbons (Fsp3) is 0.222. The molecule has 0 fully saturated rings. The van der Waals surface area contributed by atoms with Gasteiger partial charge in [0.15, 0.2) is 0 Å². The number of rotatable bonds is 10. The van der Waals surface area contributed by atoms with Crippen molar-refractivity contribution in [2.24, 2.45) is 5.16 Å². The summed E-state index contributed by atoms with van der Waals surface area (Å²) in [6.45, 7) is -0.806. The Morgan fingerprint density at radius 2 is 1.86 bits per heavy atom. The smallest absolute Gasteiger partial charge is 0.276 e. The molecule has 0 atom stereocenters. The number of nitrogens with one attached hydrogen (secondary N) is 2. The Balaban J connectivity index is 2.37. The van der Waals surface area contributed by atoms with E-state index in [1.807, 2.05) is 22.6 Å². The number of hydrogen-bond acceptors (Lipinski definition) is 7. The van der Waals surface area contributed by atoms with E-state index in [4.69, 9.17) is 19.9 Å². The molecule has 0 saturated heterocycles. The van der Waals surface area contributed by atoms with E-state index in [1.165, 1.54) is 18.2 Å².